The summed E-state index contributed by atoms with van der Waals surface area (Å²) in [4.78, 5) is 11.4. The molecule has 1 aromatic carbocycles. The molecule has 1 saturated heterocycles. The van der Waals surface area contributed by atoms with Crippen LogP contribution in [-0.4, -0.2) is 32.7 Å². The number of hydrogen-bond donors (Lipinski definition) is 1. The number of aliphatic hydroxyl groups is 1. The van der Waals surface area contributed by atoms with Crippen molar-refractivity contribution in [3.8, 4) is 0 Å². The minimum absolute atomic E-state index is 0.256. The van der Waals surface area contributed by atoms with Gasteiger partial charge in [-0.2, -0.15) is 0 Å². The van der Waals surface area contributed by atoms with Crippen LogP contribution in [-0.2, 0) is 7.05 Å². The number of aryl methyl sites for hydroxylation is 2. The van der Waals surface area contributed by atoms with E-state index >= 15 is 0 Å². The summed E-state index contributed by atoms with van der Waals surface area (Å²) in [5, 5.41) is 11.9. The third-order valence-corrected chi connectivity index (χ3v) is 5.27. The van der Waals surface area contributed by atoms with E-state index in [1.807, 2.05) is 30.8 Å². The van der Waals surface area contributed by atoms with E-state index in [0.29, 0.717) is 0 Å². The standard InChI is InChI=1S/C20H24N4O/c1-14-13-18(16-5-3-4-6-17(16)22-14)24-10-7-15(8-11-24)19(25)20-21-9-12-23(20)2/h3-6,9,12-13,15,19,25H,7-8,10-11H2,1-2H3. The first kappa shape index (κ1) is 16.1. The summed E-state index contributed by atoms with van der Waals surface area (Å²) in [7, 11) is 1.94. The van der Waals surface area contributed by atoms with Crippen LogP contribution in [0.4, 0.5) is 5.69 Å². The van der Waals surface area contributed by atoms with E-state index in [1.54, 1.807) is 6.20 Å². The number of aliphatic hydroxyl groups excluding tert-OH is 1. The van der Waals surface area contributed by atoms with Crippen LogP contribution in [0, 0.1) is 12.8 Å². The molecule has 130 valence electrons. The van der Waals surface area contributed by atoms with E-state index in [2.05, 4.69) is 39.1 Å². The number of fused-ring (bicyclic) bond motifs is 1. The molecule has 5 nitrogen and oxygen atoms in total. The molecule has 0 bridgehead atoms. The summed E-state index contributed by atoms with van der Waals surface area (Å²) in [5.74, 6) is 1.02. The topological polar surface area (TPSA) is 54.2 Å². The fourth-order valence-corrected chi connectivity index (χ4v) is 3.88. The first-order valence-corrected chi connectivity index (χ1v) is 8.90. The molecular formula is C20H24N4O. The first-order valence-electron chi connectivity index (χ1n) is 8.90. The molecule has 0 saturated carbocycles. The lowest BCUT2D eigenvalue weighted by atomic mass is 9.90. The normalized spacial score (nSPS) is 17.2. The van der Waals surface area contributed by atoms with E-state index in [1.165, 1.54) is 11.1 Å². The third kappa shape index (κ3) is 3.00. The van der Waals surface area contributed by atoms with Crippen molar-refractivity contribution in [3.05, 3.63) is 54.2 Å². The van der Waals surface area contributed by atoms with Gasteiger partial charge in [0.15, 0.2) is 0 Å². The number of benzene rings is 1. The molecular weight excluding hydrogens is 312 g/mol. The average Bonchev–Trinajstić information content (AvgIpc) is 3.06. The molecule has 1 N–H and O–H groups in total. The summed E-state index contributed by atoms with van der Waals surface area (Å²) in [6.07, 6.45) is 5.07. The molecule has 3 aromatic rings. The number of aromatic nitrogens is 3. The van der Waals surface area contributed by atoms with Crippen molar-refractivity contribution >= 4 is 16.6 Å². The Bertz CT molecular complexity index is 880. The molecule has 4 rings (SSSR count). The smallest absolute Gasteiger partial charge is 0.137 e. The van der Waals surface area contributed by atoms with Gasteiger partial charge in [-0.05, 0) is 37.8 Å². The van der Waals surface area contributed by atoms with Crippen molar-refractivity contribution in [2.45, 2.75) is 25.9 Å². The molecule has 0 amide bonds. The minimum atomic E-state index is -0.488. The van der Waals surface area contributed by atoms with Crippen molar-refractivity contribution in [1.82, 2.24) is 14.5 Å². The Hall–Kier alpha value is -2.40. The maximum absolute atomic E-state index is 10.7. The summed E-state index contributed by atoms with van der Waals surface area (Å²) in [6, 6.07) is 10.5. The zero-order valence-electron chi connectivity index (χ0n) is 14.8. The maximum Gasteiger partial charge on any atom is 0.137 e. The maximum atomic E-state index is 10.7. The molecule has 1 atom stereocenters. The van der Waals surface area contributed by atoms with Crippen LogP contribution in [0.1, 0.15) is 30.5 Å². The van der Waals surface area contributed by atoms with E-state index in [-0.39, 0.29) is 5.92 Å². The number of nitrogens with zero attached hydrogens (tertiary/aromatic N) is 4. The predicted octanol–water partition coefficient (Wildman–Crippen LogP) is 3.23. The van der Waals surface area contributed by atoms with Crippen LogP contribution in [0.25, 0.3) is 10.9 Å². The van der Waals surface area contributed by atoms with Crippen molar-refractivity contribution in [2.75, 3.05) is 18.0 Å². The molecule has 1 aliphatic heterocycles. The first-order chi connectivity index (χ1) is 12.1. The Balaban J connectivity index is 1.54. The van der Waals surface area contributed by atoms with Crippen molar-refractivity contribution in [3.63, 3.8) is 0 Å². The molecule has 25 heavy (non-hydrogen) atoms. The summed E-state index contributed by atoms with van der Waals surface area (Å²) < 4.78 is 1.91. The Kier molecular flexibility index (Phi) is 4.17. The number of pyridine rings is 1. The summed E-state index contributed by atoms with van der Waals surface area (Å²) >= 11 is 0. The molecule has 0 aliphatic carbocycles. The summed E-state index contributed by atoms with van der Waals surface area (Å²) in [6.45, 7) is 3.94. The van der Waals surface area contributed by atoms with Gasteiger partial charge >= 0.3 is 0 Å². The highest BCUT2D eigenvalue weighted by Gasteiger charge is 2.29. The van der Waals surface area contributed by atoms with Gasteiger partial charge in [-0.1, -0.05) is 18.2 Å². The van der Waals surface area contributed by atoms with E-state index in [4.69, 9.17) is 0 Å². The monoisotopic (exact) mass is 336 g/mol. The van der Waals surface area contributed by atoms with Crippen LogP contribution < -0.4 is 4.90 Å². The van der Waals surface area contributed by atoms with E-state index in [9.17, 15) is 5.11 Å². The quantitative estimate of drug-likeness (QED) is 0.798. The second-order valence-corrected chi connectivity index (χ2v) is 6.97. The molecule has 0 radical (unpaired) electrons. The lowest BCUT2D eigenvalue weighted by Crippen LogP contribution is -2.36. The molecule has 1 aliphatic rings. The Morgan fingerprint density at radius 1 is 1.20 bits per heavy atom. The van der Waals surface area contributed by atoms with Crippen LogP contribution in [0.15, 0.2) is 42.7 Å². The lowest BCUT2D eigenvalue weighted by molar-refractivity contribution is 0.0825. The fraction of sp³-hybridized carbons (Fsp3) is 0.400. The van der Waals surface area contributed by atoms with Gasteiger partial charge in [0.1, 0.15) is 11.9 Å². The average molecular weight is 336 g/mol. The second kappa shape index (κ2) is 6.48. The van der Waals surface area contributed by atoms with Gasteiger partial charge in [-0.15, -0.1) is 0 Å². The molecule has 3 heterocycles. The zero-order valence-corrected chi connectivity index (χ0v) is 14.8. The number of rotatable bonds is 3. The number of para-hydroxylation sites is 1. The molecule has 1 unspecified atom stereocenters. The molecule has 0 spiro atoms. The van der Waals surface area contributed by atoms with Gasteiger partial charge in [0.05, 0.1) is 5.52 Å². The van der Waals surface area contributed by atoms with Crippen LogP contribution in [0.3, 0.4) is 0 Å². The Morgan fingerprint density at radius 2 is 1.96 bits per heavy atom. The number of imidazole rings is 1. The van der Waals surface area contributed by atoms with Crippen molar-refractivity contribution in [2.24, 2.45) is 13.0 Å². The van der Waals surface area contributed by atoms with Gasteiger partial charge < -0.3 is 14.6 Å². The Morgan fingerprint density at radius 3 is 2.68 bits per heavy atom. The number of hydrogen-bond acceptors (Lipinski definition) is 4. The molecule has 5 heteroatoms. The molecule has 1 fully saturated rings. The highest BCUT2D eigenvalue weighted by Crippen LogP contribution is 2.34. The van der Waals surface area contributed by atoms with Crippen LogP contribution >= 0.6 is 0 Å². The van der Waals surface area contributed by atoms with Crippen LogP contribution in [0.2, 0.25) is 0 Å². The molecule has 2 aromatic heterocycles. The third-order valence-electron chi connectivity index (χ3n) is 5.27. The van der Waals surface area contributed by atoms with Crippen LogP contribution in [0.5, 0.6) is 0 Å². The van der Waals surface area contributed by atoms with Gasteiger partial charge in [0, 0.05) is 49.3 Å². The van der Waals surface area contributed by atoms with Crippen molar-refractivity contribution < 1.29 is 5.11 Å². The van der Waals surface area contributed by atoms with Gasteiger partial charge in [0.25, 0.3) is 0 Å². The summed E-state index contributed by atoms with van der Waals surface area (Å²) in [5.41, 5.74) is 3.35. The SMILES string of the molecule is Cc1cc(N2CCC(C(O)c3nccn3C)CC2)c2ccccc2n1. The largest absolute Gasteiger partial charge is 0.385 e. The highest BCUT2D eigenvalue weighted by atomic mass is 16.3. The van der Waals surface area contributed by atoms with E-state index in [0.717, 1.165) is 43.0 Å². The number of anilines is 1. The van der Waals surface area contributed by atoms with Gasteiger partial charge in [-0.25, -0.2) is 4.98 Å². The Labute approximate surface area is 147 Å². The highest BCUT2D eigenvalue weighted by molar-refractivity contribution is 5.92. The van der Waals surface area contributed by atoms with Gasteiger partial charge in [0.2, 0.25) is 0 Å². The second-order valence-electron chi connectivity index (χ2n) is 6.97. The predicted molar refractivity (Wildman–Crippen MR) is 99.6 cm³/mol. The minimum Gasteiger partial charge on any atom is -0.385 e. The fourth-order valence-electron chi connectivity index (χ4n) is 3.88. The van der Waals surface area contributed by atoms with Crippen molar-refractivity contribution in [1.29, 1.82) is 0 Å². The number of piperidine rings is 1. The van der Waals surface area contributed by atoms with Gasteiger partial charge in [-0.3, -0.25) is 4.98 Å². The zero-order chi connectivity index (χ0) is 17.4. The van der Waals surface area contributed by atoms with E-state index < -0.39 is 6.10 Å². The lowest BCUT2D eigenvalue weighted by Gasteiger charge is -2.36.